The molecule has 0 aromatic heterocycles. The largest absolute Gasteiger partial charge is 0.338 e. The van der Waals surface area contributed by atoms with E-state index >= 15 is 0 Å². The fourth-order valence-corrected chi connectivity index (χ4v) is 4.84. The number of nitrogens with zero attached hydrogens (tertiary/aromatic N) is 2. The number of rotatable bonds is 4. The second-order valence-electron chi connectivity index (χ2n) is 8.21. The minimum atomic E-state index is 0.216. The standard InChI is InChI=1S/C20H28ClN3O/c21-18-3-1-16(2-4-18)14-24-15-20(11-19(24)25)6-9-23(10-7-20)13-17-5-8-22-12-17/h1-4,17,22H,5-15H2. The number of piperidine rings is 1. The van der Waals surface area contributed by atoms with Gasteiger partial charge in [0.1, 0.15) is 0 Å². The molecule has 1 spiro atoms. The van der Waals surface area contributed by atoms with Gasteiger partial charge in [0.25, 0.3) is 0 Å². The van der Waals surface area contributed by atoms with E-state index in [1.807, 2.05) is 24.3 Å². The van der Waals surface area contributed by atoms with Gasteiger partial charge in [0.15, 0.2) is 0 Å². The number of amides is 1. The number of likely N-dealkylation sites (tertiary alicyclic amines) is 2. The van der Waals surface area contributed by atoms with Gasteiger partial charge in [0, 0.05) is 31.1 Å². The third-order valence-electron chi connectivity index (χ3n) is 6.29. The highest BCUT2D eigenvalue weighted by molar-refractivity contribution is 6.30. The van der Waals surface area contributed by atoms with Crippen LogP contribution in [0.3, 0.4) is 0 Å². The molecule has 0 radical (unpaired) electrons. The number of carbonyl (C=O) groups is 1. The number of hydrogen-bond donors (Lipinski definition) is 1. The van der Waals surface area contributed by atoms with Gasteiger partial charge in [-0.1, -0.05) is 23.7 Å². The lowest BCUT2D eigenvalue weighted by atomic mass is 9.77. The minimum absolute atomic E-state index is 0.216. The summed E-state index contributed by atoms with van der Waals surface area (Å²) >= 11 is 5.96. The van der Waals surface area contributed by atoms with Crippen molar-refractivity contribution >= 4 is 17.5 Å². The zero-order valence-corrected chi connectivity index (χ0v) is 15.6. The molecule has 4 nitrogen and oxygen atoms in total. The van der Waals surface area contributed by atoms with E-state index in [4.69, 9.17) is 11.6 Å². The summed E-state index contributed by atoms with van der Waals surface area (Å²) in [6, 6.07) is 7.87. The molecule has 1 amide bonds. The second-order valence-corrected chi connectivity index (χ2v) is 8.65. The predicted octanol–water partition coefficient (Wildman–Crippen LogP) is 2.76. The Balaban J connectivity index is 1.31. The minimum Gasteiger partial charge on any atom is -0.338 e. The molecule has 3 aliphatic rings. The van der Waals surface area contributed by atoms with Gasteiger partial charge in [-0.25, -0.2) is 0 Å². The summed E-state index contributed by atoms with van der Waals surface area (Å²) in [5.41, 5.74) is 1.38. The van der Waals surface area contributed by atoms with Crippen molar-refractivity contribution in [2.75, 3.05) is 39.3 Å². The van der Waals surface area contributed by atoms with Crippen LogP contribution in [0.4, 0.5) is 0 Å². The van der Waals surface area contributed by atoms with Crippen LogP contribution in [-0.2, 0) is 11.3 Å². The normalized spacial score (nSPS) is 26.7. The van der Waals surface area contributed by atoms with Crippen molar-refractivity contribution in [3.05, 3.63) is 34.9 Å². The van der Waals surface area contributed by atoms with E-state index in [0.717, 1.165) is 56.4 Å². The van der Waals surface area contributed by atoms with Crippen molar-refractivity contribution < 1.29 is 4.79 Å². The van der Waals surface area contributed by atoms with Crippen molar-refractivity contribution in [2.24, 2.45) is 11.3 Å². The maximum Gasteiger partial charge on any atom is 0.223 e. The van der Waals surface area contributed by atoms with Gasteiger partial charge in [-0.2, -0.15) is 0 Å². The van der Waals surface area contributed by atoms with Crippen molar-refractivity contribution in [1.82, 2.24) is 15.1 Å². The van der Waals surface area contributed by atoms with E-state index in [1.54, 1.807) is 0 Å². The Hall–Kier alpha value is -1.10. The molecule has 136 valence electrons. The Morgan fingerprint density at radius 2 is 1.96 bits per heavy atom. The van der Waals surface area contributed by atoms with Crippen LogP contribution >= 0.6 is 11.6 Å². The Labute approximate surface area is 155 Å². The molecule has 1 N–H and O–H groups in total. The van der Waals surface area contributed by atoms with Crippen LogP contribution in [0.25, 0.3) is 0 Å². The van der Waals surface area contributed by atoms with Crippen LogP contribution in [0, 0.1) is 11.3 Å². The lowest BCUT2D eigenvalue weighted by Crippen LogP contribution is -2.43. The molecule has 3 fully saturated rings. The molecule has 25 heavy (non-hydrogen) atoms. The SMILES string of the molecule is O=C1CC2(CCN(CC3CCNC3)CC2)CN1Cc1ccc(Cl)cc1. The molecule has 3 aliphatic heterocycles. The summed E-state index contributed by atoms with van der Waals surface area (Å²) in [7, 11) is 0. The molecule has 1 aromatic carbocycles. The summed E-state index contributed by atoms with van der Waals surface area (Å²) in [6.45, 7) is 7.52. The summed E-state index contributed by atoms with van der Waals surface area (Å²) in [5, 5.41) is 4.21. The first kappa shape index (κ1) is 17.3. The van der Waals surface area contributed by atoms with E-state index in [0.29, 0.717) is 5.91 Å². The number of hydrogen-bond acceptors (Lipinski definition) is 3. The van der Waals surface area contributed by atoms with Crippen molar-refractivity contribution in [3.8, 4) is 0 Å². The zero-order valence-electron chi connectivity index (χ0n) is 14.8. The summed E-state index contributed by atoms with van der Waals surface area (Å²) in [6.07, 6.45) is 4.38. The van der Waals surface area contributed by atoms with E-state index in [-0.39, 0.29) is 5.41 Å². The fourth-order valence-electron chi connectivity index (χ4n) is 4.72. The Morgan fingerprint density at radius 3 is 2.64 bits per heavy atom. The first-order valence-corrected chi connectivity index (χ1v) is 9.95. The number of carbonyl (C=O) groups excluding carboxylic acids is 1. The predicted molar refractivity (Wildman–Crippen MR) is 101 cm³/mol. The van der Waals surface area contributed by atoms with E-state index < -0.39 is 0 Å². The van der Waals surface area contributed by atoms with Crippen molar-refractivity contribution in [3.63, 3.8) is 0 Å². The number of benzene rings is 1. The first-order valence-electron chi connectivity index (χ1n) is 9.57. The monoisotopic (exact) mass is 361 g/mol. The smallest absolute Gasteiger partial charge is 0.223 e. The molecular formula is C20H28ClN3O. The third kappa shape index (κ3) is 4.02. The second kappa shape index (κ2) is 7.26. The number of nitrogens with one attached hydrogen (secondary N) is 1. The molecule has 0 saturated carbocycles. The van der Waals surface area contributed by atoms with E-state index in [1.165, 1.54) is 31.6 Å². The summed E-state index contributed by atoms with van der Waals surface area (Å²) in [5.74, 6) is 1.14. The maximum absolute atomic E-state index is 12.6. The van der Waals surface area contributed by atoms with Crippen molar-refractivity contribution in [2.45, 2.75) is 32.2 Å². The van der Waals surface area contributed by atoms with Crippen LogP contribution in [0.5, 0.6) is 0 Å². The fraction of sp³-hybridized carbons (Fsp3) is 0.650. The van der Waals surface area contributed by atoms with Gasteiger partial charge in [-0.05, 0) is 74.5 Å². The van der Waals surface area contributed by atoms with Crippen molar-refractivity contribution in [1.29, 1.82) is 0 Å². The van der Waals surface area contributed by atoms with Gasteiger partial charge in [0.05, 0.1) is 0 Å². The summed E-state index contributed by atoms with van der Waals surface area (Å²) in [4.78, 5) is 17.2. The molecule has 0 bridgehead atoms. The average molecular weight is 362 g/mol. The molecule has 5 heteroatoms. The van der Waals surface area contributed by atoms with Crippen LogP contribution in [-0.4, -0.2) is 55.0 Å². The lowest BCUT2D eigenvalue weighted by molar-refractivity contribution is -0.128. The third-order valence-corrected chi connectivity index (χ3v) is 6.54. The molecule has 1 aromatic rings. The molecule has 1 unspecified atom stereocenters. The zero-order chi connectivity index (χ0) is 17.3. The van der Waals surface area contributed by atoms with Gasteiger partial charge in [-0.3, -0.25) is 4.79 Å². The Bertz CT molecular complexity index is 604. The average Bonchev–Trinajstić information content (AvgIpc) is 3.21. The van der Waals surface area contributed by atoms with Gasteiger partial charge in [-0.15, -0.1) is 0 Å². The van der Waals surface area contributed by atoms with Gasteiger partial charge < -0.3 is 15.1 Å². The number of halogens is 1. The van der Waals surface area contributed by atoms with Crippen LogP contribution in [0.2, 0.25) is 5.02 Å². The highest BCUT2D eigenvalue weighted by Crippen LogP contribution is 2.41. The Morgan fingerprint density at radius 1 is 1.20 bits per heavy atom. The molecule has 4 rings (SSSR count). The van der Waals surface area contributed by atoms with Crippen LogP contribution in [0.1, 0.15) is 31.2 Å². The Kier molecular flexibility index (Phi) is 5.03. The maximum atomic E-state index is 12.6. The summed E-state index contributed by atoms with van der Waals surface area (Å²) < 4.78 is 0. The van der Waals surface area contributed by atoms with Crippen LogP contribution in [0.15, 0.2) is 24.3 Å². The van der Waals surface area contributed by atoms with Gasteiger partial charge in [0.2, 0.25) is 5.91 Å². The highest BCUT2D eigenvalue weighted by atomic mass is 35.5. The topological polar surface area (TPSA) is 35.6 Å². The lowest BCUT2D eigenvalue weighted by Gasteiger charge is -2.39. The van der Waals surface area contributed by atoms with Gasteiger partial charge >= 0.3 is 0 Å². The van der Waals surface area contributed by atoms with E-state index in [9.17, 15) is 4.79 Å². The molecule has 0 aliphatic carbocycles. The highest BCUT2D eigenvalue weighted by Gasteiger charge is 2.44. The van der Waals surface area contributed by atoms with Crippen LogP contribution < -0.4 is 5.32 Å². The first-order chi connectivity index (χ1) is 12.1. The molecule has 3 heterocycles. The molecular weight excluding hydrogens is 334 g/mol. The van der Waals surface area contributed by atoms with E-state index in [2.05, 4.69) is 15.1 Å². The molecule has 1 atom stereocenters. The quantitative estimate of drug-likeness (QED) is 0.895. The molecule has 3 saturated heterocycles.